The molecule has 20 heavy (non-hydrogen) atoms. The van der Waals surface area contributed by atoms with Crippen molar-refractivity contribution >= 4 is 11.9 Å². The first kappa shape index (κ1) is 16.2. The molecule has 0 aromatic carbocycles. The molecule has 0 fully saturated rings. The lowest BCUT2D eigenvalue weighted by molar-refractivity contribution is -0.140. The van der Waals surface area contributed by atoms with Gasteiger partial charge < -0.3 is 10.4 Å². The smallest absolute Gasteiger partial charge is 0.326 e. The van der Waals surface area contributed by atoms with E-state index in [0.29, 0.717) is 11.3 Å². The van der Waals surface area contributed by atoms with Crippen LogP contribution >= 0.6 is 0 Å². The van der Waals surface area contributed by atoms with Crippen LogP contribution in [0.15, 0.2) is 6.20 Å². The fraction of sp³-hybridized carbons (Fsp3) is 0.643. The highest BCUT2D eigenvalue weighted by molar-refractivity contribution is 5.97. The number of carbonyl (C=O) groups excluding carboxylic acids is 1. The lowest BCUT2D eigenvalue weighted by Gasteiger charge is -2.17. The number of aryl methyl sites for hydroxylation is 2. The summed E-state index contributed by atoms with van der Waals surface area (Å²) < 4.78 is 1.74. The molecule has 1 aromatic rings. The zero-order valence-electron chi connectivity index (χ0n) is 12.5. The Morgan fingerprint density at radius 2 is 2.10 bits per heavy atom. The topological polar surface area (TPSA) is 84.2 Å². The summed E-state index contributed by atoms with van der Waals surface area (Å²) in [6, 6.07) is -0.888. The molecule has 0 aliphatic heterocycles. The average Bonchev–Trinajstić information content (AvgIpc) is 2.73. The molecule has 0 aliphatic carbocycles. The van der Waals surface area contributed by atoms with Crippen molar-refractivity contribution in [2.45, 2.75) is 53.1 Å². The van der Waals surface area contributed by atoms with E-state index in [4.69, 9.17) is 5.11 Å². The summed E-state index contributed by atoms with van der Waals surface area (Å²) in [5, 5.41) is 15.9. The minimum atomic E-state index is -1.02. The van der Waals surface area contributed by atoms with E-state index in [9.17, 15) is 9.59 Å². The molecule has 1 amide bonds. The molecular weight excluding hydrogens is 258 g/mol. The molecule has 1 rings (SSSR count). The molecule has 1 aromatic heterocycles. The number of aromatic nitrogens is 2. The van der Waals surface area contributed by atoms with Crippen molar-refractivity contribution in [3.05, 3.63) is 17.5 Å². The number of carbonyl (C=O) groups is 2. The van der Waals surface area contributed by atoms with Crippen LogP contribution in [-0.4, -0.2) is 32.8 Å². The molecule has 0 bridgehead atoms. The van der Waals surface area contributed by atoms with Crippen molar-refractivity contribution in [3.63, 3.8) is 0 Å². The Balaban J connectivity index is 2.81. The van der Waals surface area contributed by atoms with Gasteiger partial charge in [0.25, 0.3) is 5.91 Å². The number of nitrogens with one attached hydrogen (secondary N) is 1. The van der Waals surface area contributed by atoms with E-state index in [1.165, 1.54) is 0 Å². The molecule has 0 saturated heterocycles. The van der Waals surface area contributed by atoms with Gasteiger partial charge in [-0.2, -0.15) is 5.10 Å². The van der Waals surface area contributed by atoms with Gasteiger partial charge in [0.15, 0.2) is 0 Å². The Hall–Kier alpha value is -1.85. The third-order valence-electron chi connectivity index (χ3n) is 3.15. The van der Waals surface area contributed by atoms with Crippen molar-refractivity contribution < 1.29 is 14.7 Å². The van der Waals surface area contributed by atoms with Gasteiger partial charge in [-0.1, -0.05) is 27.2 Å². The summed E-state index contributed by atoms with van der Waals surface area (Å²) >= 11 is 0. The third kappa shape index (κ3) is 4.08. The Kier molecular flexibility index (Phi) is 5.73. The lowest BCUT2D eigenvalue weighted by Crippen LogP contribution is -2.44. The van der Waals surface area contributed by atoms with Crippen molar-refractivity contribution in [1.29, 1.82) is 0 Å². The van der Waals surface area contributed by atoms with Crippen molar-refractivity contribution in [3.8, 4) is 0 Å². The van der Waals surface area contributed by atoms with Gasteiger partial charge in [0.05, 0.1) is 11.3 Å². The van der Waals surface area contributed by atoms with Crippen LogP contribution < -0.4 is 5.32 Å². The van der Waals surface area contributed by atoms with Gasteiger partial charge in [-0.3, -0.25) is 9.48 Å². The van der Waals surface area contributed by atoms with Crippen molar-refractivity contribution in [2.24, 2.45) is 5.92 Å². The number of nitrogens with zero attached hydrogens (tertiary/aromatic N) is 2. The minimum Gasteiger partial charge on any atom is -0.480 e. The molecule has 2 N–H and O–H groups in total. The summed E-state index contributed by atoms with van der Waals surface area (Å²) in [7, 11) is 0. The maximum Gasteiger partial charge on any atom is 0.326 e. The number of hydrogen-bond donors (Lipinski definition) is 2. The second-order valence-corrected chi connectivity index (χ2v) is 5.28. The van der Waals surface area contributed by atoms with Gasteiger partial charge in [0.1, 0.15) is 6.04 Å². The highest BCUT2D eigenvalue weighted by atomic mass is 16.4. The van der Waals surface area contributed by atoms with Crippen LogP contribution in [-0.2, 0) is 11.3 Å². The van der Waals surface area contributed by atoms with Gasteiger partial charge in [-0.15, -0.1) is 0 Å². The Morgan fingerprint density at radius 3 is 2.60 bits per heavy atom. The zero-order chi connectivity index (χ0) is 15.3. The number of carboxylic acids is 1. The monoisotopic (exact) mass is 281 g/mol. The van der Waals surface area contributed by atoms with Crippen LogP contribution in [0.25, 0.3) is 0 Å². The van der Waals surface area contributed by atoms with E-state index >= 15 is 0 Å². The molecule has 0 saturated carbocycles. The van der Waals surface area contributed by atoms with Crippen LogP contribution in [0.2, 0.25) is 0 Å². The van der Waals surface area contributed by atoms with Gasteiger partial charge >= 0.3 is 5.97 Å². The highest BCUT2D eigenvalue weighted by Crippen LogP contribution is 2.09. The molecule has 0 spiro atoms. The highest BCUT2D eigenvalue weighted by Gasteiger charge is 2.25. The number of carboxylic acid groups (broad SMARTS) is 1. The summed E-state index contributed by atoms with van der Waals surface area (Å²) in [6.07, 6.45) is 3.72. The molecule has 1 heterocycles. The number of aliphatic carboxylic acids is 1. The van der Waals surface area contributed by atoms with E-state index in [2.05, 4.69) is 17.3 Å². The summed E-state index contributed by atoms with van der Waals surface area (Å²) in [5.74, 6) is -1.58. The second-order valence-electron chi connectivity index (χ2n) is 5.28. The van der Waals surface area contributed by atoms with Gasteiger partial charge in [0.2, 0.25) is 0 Å². The van der Waals surface area contributed by atoms with Crippen LogP contribution in [0.1, 0.15) is 49.7 Å². The molecule has 6 heteroatoms. The van der Waals surface area contributed by atoms with E-state index in [1.807, 2.05) is 0 Å². The first-order valence-electron chi connectivity index (χ1n) is 6.94. The predicted octanol–water partition coefficient (Wildman–Crippen LogP) is 1.83. The Labute approximate surface area is 119 Å². The summed E-state index contributed by atoms with van der Waals surface area (Å²) in [4.78, 5) is 23.2. The quantitative estimate of drug-likeness (QED) is 0.798. The van der Waals surface area contributed by atoms with E-state index in [1.54, 1.807) is 31.6 Å². The molecular formula is C14H23N3O3. The SMILES string of the molecule is CCCCn1cc(C(=O)N[C@H](C(=O)O)C(C)C)c(C)n1. The van der Waals surface area contributed by atoms with Crippen molar-refractivity contribution in [1.82, 2.24) is 15.1 Å². The molecule has 6 nitrogen and oxygen atoms in total. The van der Waals surface area contributed by atoms with E-state index < -0.39 is 12.0 Å². The van der Waals surface area contributed by atoms with E-state index in [-0.39, 0.29) is 11.8 Å². The van der Waals surface area contributed by atoms with Crippen LogP contribution in [0.3, 0.4) is 0 Å². The molecule has 0 aliphatic rings. The van der Waals surface area contributed by atoms with Crippen LogP contribution in [0, 0.1) is 12.8 Å². The molecule has 112 valence electrons. The first-order chi connectivity index (χ1) is 9.36. The third-order valence-corrected chi connectivity index (χ3v) is 3.15. The second kappa shape index (κ2) is 7.07. The molecule has 1 atom stereocenters. The number of unbranched alkanes of at least 4 members (excludes halogenated alkanes) is 1. The van der Waals surface area contributed by atoms with Gasteiger partial charge in [-0.05, 0) is 19.3 Å². The summed E-state index contributed by atoms with van der Waals surface area (Å²) in [5.41, 5.74) is 1.06. The van der Waals surface area contributed by atoms with Crippen molar-refractivity contribution in [2.75, 3.05) is 0 Å². The van der Waals surface area contributed by atoms with Gasteiger partial charge in [-0.25, -0.2) is 4.79 Å². The maximum absolute atomic E-state index is 12.1. The Morgan fingerprint density at radius 1 is 1.45 bits per heavy atom. The zero-order valence-corrected chi connectivity index (χ0v) is 12.5. The average molecular weight is 281 g/mol. The predicted molar refractivity (Wildman–Crippen MR) is 75.6 cm³/mol. The largest absolute Gasteiger partial charge is 0.480 e. The Bertz CT molecular complexity index is 480. The molecule has 0 radical (unpaired) electrons. The lowest BCUT2D eigenvalue weighted by atomic mass is 10.0. The van der Waals surface area contributed by atoms with Crippen LogP contribution in [0.5, 0.6) is 0 Å². The van der Waals surface area contributed by atoms with Crippen LogP contribution in [0.4, 0.5) is 0 Å². The fourth-order valence-corrected chi connectivity index (χ4v) is 1.91. The van der Waals surface area contributed by atoms with E-state index in [0.717, 1.165) is 19.4 Å². The van der Waals surface area contributed by atoms with Gasteiger partial charge in [0, 0.05) is 12.7 Å². The number of hydrogen-bond acceptors (Lipinski definition) is 3. The standard InChI is InChI=1S/C14H23N3O3/c1-5-6-7-17-8-11(10(4)16-17)13(18)15-12(9(2)3)14(19)20/h8-9,12H,5-7H2,1-4H3,(H,15,18)(H,19,20)/t12-/m0/s1. The summed E-state index contributed by atoms with van der Waals surface area (Å²) in [6.45, 7) is 8.12. The fourth-order valence-electron chi connectivity index (χ4n) is 1.91. The maximum atomic E-state index is 12.1. The number of rotatable bonds is 7. The normalized spacial score (nSPS) is 12.4. The first-order valence-corrected chi connectivity index (χ1v) is 6.94. The number of amides is 1. The minimum absolute atomic E-state index is 0.174. The molecule has 0 unspecified atom stereocenters.